The molecular weight excluding hydrogens is 238 g/mol. The number of sulfone groups is 1. The molecule has 1 atom stereocenters. The second-order valence-electron chi connectivity index (χ2n) is 3.84. The molecular formula is C12H19NO3S. The lowest BCUT2D eigenvalue weighted by Gasteiger charge is -2.14. The number of aliphatic hydroxyl groups excluding tert-OH is 1. The highest BCUT2D eigenvalue weighted by atomic mass is 32.2. The normalized spacial score (nSPS) is 13.4. The van der Waals surface area contributed by atoms with Crippen molar-refractivity contribution in [2.75, 3.05) is 17.6 Å². The molecule has 5 heteroatoms. The summed E-state index contributed by atoms with van der Waals surface area (Å²) >= 11 is 0. The summed E-state index contributed by atoms with van der Waals surface area (Å²) in [6.07, 6.45) is 0.169. The predicted molar refractivity (Wildman–Crippen MR) is 69.0 cm³/mol. The zero-order valence-corrected chi connectivity index (χ0v) is 11.0. The number of para-hydroxylation sites is 1. The van der Waals surface area contributed by atoms with Crippen LogP contribution in [0.1, 0.15) is 20.3 Å². The molecule has 0 aliphatic rings. The Bertz CT molecular complexity index is 457. The van der Waals surface area contributed by atoms with Crippen molar-refractivity contribution in [3.05, 3.63) is 24.3 Å². The molecule has 1 unspecified atom stereocenters. The maximum Gasteiger partial charge on any atom is 0.180 e. The Labute approximate surface area is 103 Å². The summed E-state index contributed by atoms with van der Waals surface area (Å²) in [4.78, 5) is 0.297. The molecule has 1 aromatic rings. The molecule has 1 rings (SSSR count). The number of anilines is 1. The molecule has 0 aliphatic heterocycles. The Morgan fingerprint density at radius 2 is 1.94 bits per heavy atom. The molecule has 0 fully saturated rings. The smallest absolute Gasteiger partial charge is 0.180 e. The molecule has 17 heavy (non-hydrogen) atoms. The molecule has 0 radical (unpaired) electrons. The fraction of sp³-hybridized carbons (Fsp3) is 0.500. The van der Waals surface area contributed by atoms with Gasteiger partial charge in [-0.25, -0.2) is 8.42 Å². The van der Waals surface area contributed by atoms with Crippen molar-refractivity contribution >= 4 is 15.5 Å². The lowest BCUT2D eigenvalue weighted by atomic mass is 10.2. The lowest BCUT2D eigenvalue weighted by Crippen LogP contribution is -2.19. The molecule has 4 nitrogen and oxygen atoms in total. The third-order valence-electron chi connectivity index (χ3n) is 2.60. The van der Waals surface area contributed by atoms with Crippen molar-refractivity contribution in [2.45, 2.75) is 31.3 Å². The van der Waals surface area contributed by atoms with Gasteiger partial charge in [-0.1, -0.05) is 26.0 Å². The van der Waals surface area contributed by atoms with Crippen LogP contribution < -0.4 is 5.32 Å². The summed E-state index contributed by atoms with van der Waals surface area (Å²) in [7, 11) is -3.23. The first kappa shape index (κ1) is 14.0. The van der Waals surface area contributed by atoms with Crippen LogP contribution in [0.25, 0.3) is 0 Å². The molecule has 0 saturated heterocycles. The summed E-state index contributed by atoms with van der Waals surface area (Å²) in [6, 6.07) is 6.77. The third kappa shape index (κ3) is 3.71. The van der Waals surface area contributed by atoms with Gasteiger partial charge in [0.1, 0.15) is 0 Å². The van der Waals surface area contributed by atoms with Crippen LogP contribution >= 0.6 is 0 Å². The average Bonchev–Trinajstić information content (AvgIpc) is 2.36. The van der Waals surface area contributed by atoms with Crippen LogP contribution in [-0.2, 0) is 9.84 Å². The Balaban J connectivity index is 2.93. The number of nitrogens with one attached hydrogen (secondary N) is 1. The van der Waals surface area contributed by atoms with Gasteiger partial charge in [0.05, 0.1) is 22.4 Å². The fourth-order valence-corrected chi connectivity index (χ4v) is 2.48. The molecule has 0 aromatic heterocycles. The van der Waals surface area contributed by atoms with E-state index in [2.05, 4.69) is 5.32 Å². The molecule has 0 heterocycles. The Morgan fingerprint density at radius 1 is 1.29 bits per heavy atom. The highest BCUT2D eigenvalue weighted by Gasteiger charge is 2.16. The average molecular weight is 257 g/mol. The van der Waals surface area contributed by atoms with Crippen molar-refractivity contribution < 1.29 is 13.5 Å². The molecule has 96 valence electrons. The van der Waals surface area contributed by atoms with E-state index in [0.29, 0.717) is 23.5 Å². The number of aliphatic hydroxyl groups is 1. The van der Waals surface area contributed by atoms with Gasteiger partial charge in [0.15, 0.2) is 9.84 Å². The van der Waals surface area contributed by atoms with Crippen LogP contribution in [0.5, 0.6) is 0 Å². The molecule has 2 N–H and O–H groups in total. The van der Waals surface area contributed by atoms with Crippen molar-refractivity contribution in [1.82, 2.24) is 0 Å². The summed E-state index contributed by atoms with van der Waals surface area (Å²) in [5.41, 5.74) is 0.557. The Hall–Kier alpha value is -1.07. The molecule has 1 aromatic carbocycles. The van der Waals surface area contributed by atoms with Gasteiger partial charge in [-0.3, -0.25) is 0 Å². The van der Waals surface area contributed by atoms with E-state index in [1.807, 2.05) is 6.92 Å². The first-order chi connectivity index (χ1) is 8.01. The molecule has 0 amide bonds. The van der Waals surface area contributed by atoms with Gasteiger partial charge in [0, 0.05) is 6.54 Å². The quantitative estimate of drug-likeness (QED) is 0.813. The van der Waals surface area contributed by atoms with E-state index in [-0.39, 0.29) is 5.75 Å². The van der Waals surface area contributed by atoms with Gasteiger partial charge < -0.3 is 10.4 Å². The lowest BCUT2D eigenvalue weighted by molar-refractivity contribution is 0.183. The Kier molecular flexibility index (Phi) is 4.96. The SMILES string of the molecule is CCC(O)CNc1ccccc1S(=O)(=O)CC. The van der Waals surface area contributed by atoms with E-state index in [4.69, 9.17) is 0 Å². The maximum atomic E-state index is 11.8. The van der Waals surface area contributed by atoms with Crippen LogP contribution in [0.2, 0.25) is 0 Å². The standard InChI is InChI=1S/C12H19NO3S/c1-3-10(14)9-13-11-7-5-6-8-12(11)17(15,16)4-2/h5-8,10,13-14H,3-4,9H2,1-2H3. The van der Waals surface area contributed by atoms with Crippen molar-refractivity contribution in [2.24, 2.45) is 0 Å². The van der Waals surface area contributed by atoms with Gasteiger partial charge in [-0.05, 0) is 18.6 Å². The van der Waals surface area contributed by atoms with Crippen molar-refractivity contribution in [3.8, 4) is 0 Å². The van der Waals surface area contributed by atoms with E-state index in [9.17, 15) is 13.5 Å². The van der Waals surface area contributed by atoms with E-state index in [0.717, 1.165) is 0 Å². The van der Waals surface area contributed by atoms with Crippen molar-refractivity contribution in [3.63, 3.8) is 0 Å². The third-order valence-corrected chi connectivity index (χ3v) is 4.39. The van der Waals surface area contributed by atoms with Gasteiger partial charge in [0.25, 0.3) is 0 Å². The fourth-order valence-electron chi connectivity index (χ4n) is 1.41. The minimum Gasteiger partial charge on any atom is -0.391 e. The molecule has 0 bridgehead atoms. The molecule has 0 spiro atoms. The van der Waals surface area contributed by atoms with E-state index >= 15 is 0 Å². The van der Waals surface area contributed by atoms with E-state index in [1.54, 1.807) is 31.2 Å². The highest BCUT2D eigenvalue weighted by Crippen LogP contribution is 2.21. The van der Waals surface area contributed by atoms with Crippen LogP contribution in [0.15, 0.2) is 29.2 Å². The second-order valence-corrected chi connectivity index (χ2v) is 6.09. The summed E-state index contributed by atoms with van der Waals surface area (Å²) in [5.74, 6) is 0.0715. The van der Waals surface area contributed by atoms with Crippen LogP contribution in [0, 0.1) is 0 Å². The summed E-state index contributed by atoms with van der Waals surface area (Å²) < 4.78 is 23.7. The van der Waals surface area contributed by atoms with E-state index < -0.39 is 15.9 Å². The van der Waals surface area contributed by atoms with E-state index in [1.165, 1.54) is 0 Å². The predicted octanol–water partition coefficient (Wildman–Crippen LogP) is 1.66. The van der Waals surface area contributed by atoms with Gasteiger partial charge >= 0.3 is 0 Å². The largest absolute Gasteiger partial charge is 0.391 e. The number of rotatable bonds is 6. The first-order valence-electron chi connectivity index (χ1n) is 5.75. The van der Waals surface area contributed by atoms with Gasteiger partial charge in [-0.15, -0.1) is 0 Å². The van der Waals surface area contributed by atoms with Gasteiger partial charge in [0.2, 0.25) is 0 Å². The van der Waals surface area contributed by atoms with Gasteiger partial charge in [-0.2, -0.15) is 0 Å². The zero-order valence-electron chi connectivity index (χ0n) is 10.2. The molecule has 0 aliphatic carbocycles. The monoisotopic (exact) mass is 257 g/mol. The minimum atomic E-state index is -3.23. The van der Waals surface area contributed by atoms with Crippen LogP contribution in [0.3, 0.4) is 0 Å². The van der Waals surface area contributed by atoms with Crippen LogP contribution in [0.4, 0.5) is 5.69 Å². The topological polar surface area (TPSA) is 66.4 Å². The first-order valence-corrected chi connectivity index (χ1v) is 7.40. The van der Waals surface area contributed by atoms with Crippen molar-refractivity contribution in [1.29, 1.82) is 0 Å². The number of hydrogen-bond donors (Lipinski definition) is 2. The maximum absolute atomic E-state index is 11.8. The zero-order chi connectivity index (χ0) is 12.9. The molecule has 0 saturated carbocycles. The highest BCUT2D eigenvalue weighted by molar-refractivity contribution is 7.91. The number of hydrogen-bond acceptors (Lipinski definition) is 4. The second kappa shape index (κ2) is 6.02. The number of benzene rings is 1. The van der Waals surface area contributed by atoms with Crippen LogP contribution in [-0.4, -0.2) is 31.9 Å². The summed E-state index contributed by atoms with van der Waals surface area (Å²) in [6.45, 7) is 3.85. The summed E-state index contributed by atoms with van der Waals surface area (Å²) in [5, 5.41) is 12.4. The minimum absolute atomic E-state index is 0.0715. The Morgan fingerprint density at radius 3 is 2.53 bits per heavy atom.